The first kappa shape index (κ1) is 19.2. The molecular formula is C22H22N6O3. The fraction of sp³-hybridized carbons (Fsp3) is 0.318. The van der Waals surface area contributed by atoms with Gasteiger partial charge in [0.2, 0.25) is 5.91 Å². The van der Waals surface area contributed by atoms with Gasteiger partial charge in [-0.3, -0.25) is 14.6 Å². The number of nitrogens with two attached hydrogens (primary N) is 1. The Bertz CT molecular complexity index is 1340. The third-order valence-electron chi connectivity index (χ3n) is 6.49. The SMILES string of the molecule is Cc1cc(-n2ncc(=O)n(N)c2=O)cc(C)c1Cc1ccc2c(n1)C1(CCC1)C(=O)N2. The van der Waals surface area contributed by atoms with E-state index in [1.165, 1.54) is 0 Å². The molecule has 0 radical (unpaired) electrons. The molecular weight excluding hydrogens is 396 g/mol. The summed E-state index contributed by atoms with van der Waals surface area (Å²) in [5.41, 5.74) is 4.32. The lowest BCUT2D eigenvalue weighted by Crippen LogP contribution is -2.44. The minimum absolute atomic E-state index is 0.0642. The summed E-state index contributed by atoms with van der Waals surface area (Å²) in [4.78, 5) is 41.1. The predicted molar refractivity (Wildman–Crippen MR) is 115 cm³/mol. The monoisotopic (exact) mass is 418 g/mol. The van der Waals surface area contributed by atoms with Crippen molar-refractivity contribution in [3.8, 4) is 5.69 Å². The molecule has 0 unspecified atom stereocenters. The summed E-state index contributed by atoms with van der Waals surface area (Å²) in [6.45, 7) is 3.92. The molecule has 1 aliphatic heterocycles. The molecule has 1 aromatic carbocycles. The first-order chi connectivity index (χ1) is 14.8. The third-order valence-corrected chi connectivity index (χ3v) is 6.49. The van der Waals surface area contributed by atoms with E-state index in [2.05, 4.69) is 10.4 Å². The number of carbonyl (C=O) groups is 1. The second-order valence-electron chi connectivity index (χ2n) is 8.37. The number of carbonyl (C=O) groups excluding carboxylic acids is 1. The minimum Gasteiger partial charge on any atom is -0.332 e. The fourth-order valence-corrected chi connectivity index (χ4v) is 4.55. The van der Waals surface area contributed by atoms with Crippen molar-refractivity contribution in [3.05, 3.63) is 79.4 Å². The molecule has 2 aromatic heterocycles. The van der Waals surface area contributed by atoms with Gasteiger partial charge in [0.1, 0.15) is 6.20 Å². The van der Waals surface area contributed by atoms with Crippen LogP contribution in [0, 0.1) is 13.8 Å². The molecule has 0 saturated heterocycles. The zero-order valence-corrected chi connectivity index (χ0v) is 17.3. The first-order valence-corrected chi connectivity index (χ1v) is 10.2. The van der Waals surface area contributed by atoms with Crippen molar-refractivity contribution in [2.45, 2.75) is 44.9 Å². The van der Waals surface area contributed by atoms with Crippen LogP contribution in [0.1, 0.15) is 47.3 Å². The molecule has 3 heterocycles. The average Bonchev–Trinajstić information content (AvgIpc) is 3.00. The standard InChI is InChI=1S/C22H22N6O3/c1-12-8-15(28-21(31)27(23)18(29)11-24-28)9-13(2)16(12)10-14-4-5-17-19(25-14)22(6-3-7-22)20(30)26-17/h4-5,8-9,11H,3,6-7,10,23H2,1-2H3,(H,26,30). The van der Waals surface area contributed by atoms with Crippen LogP contribution in [0.4, 0.5) is 5.69 Å². The Morgan fingerprint density at radius 3 is 2.48 bits per heavy atom. The van der Waals surface area contributed by atoms with E-state index in [-0.39, 0.29) is 5.91 Å². The van der Waals surface area contributed by atoms with Gasteiger partial charge in [0, 0.05) is 12.1 Å². The van der Waals surface area contributed by atoms with Crippen LogP contribution in [0.5, 0.6) is 0 Å². The highest BCUT2D eigenvalue weighted by atomic mass is 16.2. The van der Waals surface area contributed by atoms with Crippen molar-refractivity contribution in [3.63, 3.8) is 0 Å². The number of hydrogen-bond acceptors (Lipinski definition) is 6. The summed E-state index contributed by atoms with van der Waals surface area (Å²) in [5.74, 6) is 5.58. The molecule has 31 heavy (non-hydrogen) atoms. The Kier molecular flexibility index (Phi) is 4.11. The smallest absolute Gasteiger partial charge is 0.332 e. The van der Waals surface area contributed by atoms with Crippen molar-refractivity contribution in [1.29, 1.82) is 0 Å². The van der Waals surface area contributed by atoms with Crippen molar-refractivity contribution in [1.82, 2.24) is 19.4 Å². The summed E-state index contributed by atoms with van der Waals surface area (Å²) >= 11 is 0. The van der Waals surface area contributed by atoms with E-state index in [0.717, 1.165) is 63.9 Å². The molecule has 9 nitrogen and oxygen atoms in total. The van der Waals surface area contributed by atoms with E-state index in [0.29, 0.717) is 16.8 Å². The maximum atomic E-state index is 12.4. The van der Waals surface area contributed by atoms with Gasteiger partial charge in [-0.2, -0.15) is 14.5 Å². The van der Waals surface area contributed by atoms with Crippen molar-refractivity contribution in [2.75, 3.05) is 11.2 Å². The number of rotatable bonds is 3. The van der Waals surface area contributed by atoms with Crippen molar-refractivity contribution < 1.29 is 4.79 Å². The van der Waals surface area contributed by atoms with Crippen LogP contribution in [0.25, 0.3) is 5.69 Å². The first-order valence-electron chi connectivity index (χ1n) is 10.2. The van der Waals surface area contributed by atoms with Gasteiger partial charge in [-0.15, -0.1) is 0 Å². The van der Waals surface area contributed by atoms with E-state index < -0.39 is 16.7 Å². The molecule has 9 heteroatoms. The van der Waals surface area contributed by atoms with Crippen LogP contribution >= 0.6 is 0 Å². The van der Waals surface area contributed by atoms with E-state index >= 15 is 0 Å². The molecule has 158 valence electrons. The van der Waals surface area contributed by atoms with E-state index in [9.17, 15) is 14.4 Å². The number of nitrogens with zero attached hydrogens (tertiary/aromatic N) is 4. The Balaban J connectivity index is 1.51. The van der Waals surface area contributed by atoms with Gasteiger partial charge >= 0.3 is 5.69 Å². The summed E-state index contributed by atoms with van der Waals surface area (Å²) in [6, 6.07) is 7.57. The number of hydrogen-bond donors (Lipinski definition) is 2. The van der Waals surface area contributed by atoms with E-state index in [1.54, 1.807) is 0 Å². The van der Waals surface area contributed by atoms with Gasteiger partial charge in [0.05, 0.1) is 22.5 Å². The quantitative estimate of drug-likeness (QED) is 0.614. The molecule has 3 aromatic rings. The molecule has 1 saturated carbocycles. The number of nitrogen functional groups attached to an aromatic ring is 1. The average molecular weight is 418 g/mol. The van der Waals surface area contributed by atoms with Crippen molar-refractivity contribution >= 4 is 11.6 Å². The summed E-state index contributed by atoms with van der Waals surface area (Å²) in [5, 5.41) is 6.89. The zero-order chi connectivity index (χ0) is 21.9. The minimum atomic E-state index is -0.706. The number of aromatic nitrogens is 4. The molecule has 0 atom stereocenters. The zero-order valence-electron chi connectivity index (χ0n) is 17.3. The second kappa shape index (κ2) is 6.63. The van der Waals surface area contributed by atoms with Gasteiger partial charge in [-0.1, -0.05) is 6.42 Å². The van der Waals surface area contributed by atoms with Gasteiger partial charge in [-0.05, 0) is 67.6 Å². The molecule has 1 spiro atoms. The van der Waals surface area contributed by atoms with Crippen LogP contribution in [0.2, 0.25) is 0 Å². The molecule has 3 N–H and O–H groups in total. The van der Waals surface area contributed by atoms with Gasteiger partial charge < -0.3 is 11.2 Å². The van der Waals surface area contributed by atoms with Gasteiger partial charge in [-0.25, -0.2) is 4.79 Å². The van der Waals surface area contributed by atoms with Gasteiger partial charge in [0.25, 0.3) is 5.56 Å². The second-order valence-corrected chi connectivity index (χ2v) is 8.37. The Morgan fingerprint density at radius 2 is 1.84 bits per heavy atom. The van der Waals surface area contributed by atoms with Crippen LogP contribution in [0.15, 0.2) is 40.1 Å². The predicted octanol–water partition coefficient (Wildman–Crippen LogP) is 1.08. The number of aryl methyl sites for hydroxylation is 2. The van der Waals surface area contributed by atoms with Crippen LogP contribution in [-0.4, -0.2) is 25.3 Å². The highest BCUT2D eigenvalue weighted by Gasteiger charge is 2.52. The molecule has 0 bridgehead atoms. The van der Waals surface area contributed by atoms with E-state index in [1.807, 2.05) is 38.1 Å². The van der Waals surface area contributed by atoms with Crippen LogP contribution in [0.3, 0.4) is 0 Å². The molecule has 5 rings (SSSR count). The largest absolute Gasteiger partial charge is 0.370 e. The number of pyridine rings is 1. The van der Waals surface area contributed by atoms with Crippen LogP contribution < -0.4 is 22.4 Å². The maximum Gasteiger partial charge on any atom is 0.370 e. The van der Waals surface area contributed by atoms with Gasteiger partial charge in [0.15, 0.2) is 0 Å². The number of fused-ring (bicyclic) bond motifs is 2. The lowest BCUT2D eigenvalue weighted by Gasteiger charge is -2.35. The lowest BCUT2D eigenvalue weighted by atomic mass is 9.67. The molecule has 1 amide bonds. The fourth-order valence-electron chi connectivity index (χ4n) is 4.55. The summed E-state index contributed by atoms with van der Waals surface area (Å²) in [6.07, 6.45) is 4.36. The number of anilines is 1. The lowest BCUT2D eigenvalue weighted by molar-refractivity contribution is -0.123. The summed E-state index contributed by atoms with van der Waals surface area (Å²) < 4.78 is 1.64. The number of benzene rings is 1. The van der Waals surface area contributed by atoms with Crippen LogP contribution in [-0.2, 0) is 16.6 Å². The van der Waals surface area contributed by atoms with Crippen molar-refractivity contribution in [2.24, 2.45) is 0 Å². The number of amides is 1. The Morgan fingerprint density at radius 1 is 1.13 bits per heavy atom. The van der Waals surface area contributed by atoms with E-state index in [4.69, 9.17) is 10.8 Å². The molecule has 1 fully saturated rings. The topological polar surface area (TPSA) is 125 Å². The Hall–Kier alpha value is -3.75. The molecule has 2 aliphatic rings. The highest BCUT2D eigenvalue weighted by molar-refractivity contribution is 6.06. The molecule has 1 aliphatic carbocycles. The summed E-state index contributed by atoms with van der Waals surface area (Å²) in [7, 11) is 0. The Labute approximate surface area is 177 Å². The highest BCUT2D eigenvalue weighted by Crippen LogP contribution is 2.50. The third kappa shape index (κ3) is 2.80. The number of nitrogens with one attached hydrogen (secondary N) is 1. The maximum absolute atomic E-state index is 12.4. The normalized spacial score (nSPS) is 16.1.